The van der Waals surface area contributed by atoms with Crippen molar-refractivity contribution in [3.8, 4) is 0 Å². The molecule has 20 atom stereocenters. The van der Waals surface area contributed by atoms with Crippen molar-refractivity contribution >= 4 is 0 Å². The Morgan fingerprint density at radius 2 is 0.934 bits per heavy atom. The molecular formula is C61H83N3O12. The molecule has 0 aliphatic carbocycles. The van der Waals surface area contributed by atoms with Crippen molar-refractivity contribution in [2.24, 2.45) is 40.6 Å². The zero-order valence-electron chi connectivity index (χ0n) is 46.0. The summed E-state index contributed by atoms with van der Waals surface area (Å²) in [6, 6.07) is 38.9. The Morgan fingerprint density at radius 1 is 0.500 bits per heavy atom. The maximum atomic E-state index is 11.4. The van der Waals surface area contributed by atoms with E-state index < -0.39 is 79.2 Å². The Hall–Kier alpha value is -4.29. The number of aliphatic hydroxyl groups excluding tert-OH is 1. The second kappa shape index (κ2) is 27.5. The second-order valence-corrected chi connectivity index (χ2v) is 21.8. The van der Waals surface area contributed by atoms with Crippen LogP contribution in [0.1, 0.15) is 97.4 Å². The quantitative estimate of drug-likeness (QED) is 0.0424. The second-order valence-electron chi connectivity index (χ2n) is 21.8. The first-order valence-electron chi connectivity index (χ1n) is 27.7. The monoisotopic (exact) mass is 1050 g/mol. The summed E-state index contributed by atoms with van der Waals surface area (Å²) in [5.41, 5.74) is 12.7. The molecule has 0 saturated carbocycles. The van der Waals surface area contributed by atoms with E-state index in [1.165, 1.54) is 0 Å². The maximum Gasteiger partial charge on any atom is 0.187 e. The smallest absolute Gasteiger partial charge is 0.187 e. The molecule has 0 radical (unpaired) electrons. The van der Waals surface area contributed by atoms with Crippen molar-refractivity contribution in [1.82, 2.24) is 0 Å². The number of ether oxygens (including phenoxy) is 11. The first-order valence-corrected chi connectivity index (χ1v) is 27.7. The molecule has 0 amide bonds. The molecule has 4 aromatic rings. The highest BCUT2D eigenvalue weighted by molar-refractivity contribution is 5.16. The minimum atomic E-state index is -1.21. The molecule has 1 N–H and O–H groups in total. The number of nitrogens with zero attached hydrogens (tertiary/aromatic N) is 3. The van der Waals surface area contributed by atoms with Crippen LogP contribution in [-0.4, -0.2) is 104 Å². The van der Waals surface area contributed by atoms with Gasteiger partial charge in [0.1, 0.15) is 24.4 Å². The summed E-state index contributed by atoms with van der Waals surface area (Å²) in [6.45, 7) is 19.8. The zero-order chi connectivity index (χ0) is 53.8. The Morgan fingerprint density at radius 3 is 1.43 bits per heavy atom. The summed E-state index contributed by atoms with van der Waals surface area (Å²) < 4.78 is 76.4. The molecule has 15 nitrogen and oxygen atoms in total. The van der Waals surface area contributed by atoms with Crippen LogP contribution in [0.4, 0.5) is 0 Å². The van der Waals surface area contributed by atoms with Crippen LogP contribution >= 0.6 is 0 Å². The number of hydrogen-bond donors (Lipinski definition) is 1. The van der Waals surface area contributed by atoms with Gasteiger partial charge in [-0.2, -0.15) is 0 Å². The lowest BCUT2D eigenvalue weighted by atomic mass is 9.80. The molecule has 4 aromatic carbocycles. The molecule has 0 spiro atoms. The fourth-order valence-corrected chi connectivity index (χ4v) is 11.4. The number of hydrogen-bond acceptors (Lipinski definition) is 13. The van der Waals surface area contributed by atoms with Crippen LogP contribution in [-0.2, 0) is 78.5 Å². The summed E-state index contributed by atoms with van der Waals surface area (Å²) in [5.74, 6) is -0.572. The van der Waals surface area contributed by atoms with E-state index in [2.05, 4.69) is 63.7 Å². The van der Waals surface area contributed by atoms with E-state index in [-0.39, 0.29) is 68.4 Å². The predicted molar refractivity (Wildman–Crippen MR) is 287 cm³/mol. The third kappa shape index (κ3) is 13.9. The van der Waals surface area contributed by atoms with E-state index in [9.17, 15) is 10.6 Å². The molecule has 4 fully saturated rings. The standard InChI is InChI=1S/C61H83N3O12/c1-10-48-38(3)40(5)53(67-33-45-26-18-13-19-27-45)58(70-48)74-54-41(6)39(4)49(11-2)71-59(54)75-55-43(8)61(9,37-65)76-60(56(55)68-34-46-28-20-14-21-29-46)73-52-42(7)51(63-64-62)57(69-35-47-30-22-15-23-31-47)72-50(52)36-66-32-44-24-16-12-17-25-44/h12-31,38-43,48-60,65H,10-11,32-37H2,1-9H3/t38-,39-,40?,41?,42+,43-,48-,49-,50?,51?,52-,53?,54?,55-,56?,57+,58+,59+,60+,61?/m0/s1. The fourth-order valence-electron chi connectivity index (χ4n) is 11.4. The fraction of sp³-hybridized carbons (Fsp3) is 0.607. The Bertz CT molecular complexity index is 2370. The molecular weight excluding hydrogens is 967 g/mol. The van der Waals surface area contributed by atoms with Crippen molar-refractivity contribution in [2.75, 3.05) is 13.2 Å². The van der Waals surface area contributed by atoms with Crippen molar-refractivity contribution in [3.05, 3.63) is 154 Å². The largest absolute Gasteiger partial charge is 0.393 e. The van der Waals surface area contributed by atoms with Crippen LogP contribution in [0.5, 0.6) is 0 Å². The van der Waals surface area contributed by atoms with Gasteiger partial charge in [0.25, 0.3) is 0 Å². The summed E-state index contributed by atoms with van der Waals surface area (Å²) in [7, 11) is 0. The van der Waals surface area contributed by atoms with Gasteiger partial charge in [0.05, 0.1) is 75.7 Å². The summed E-state index contributed by atoms with van der Waals surface area (Å²) in [6.07, 6.45) is -6.58. The van der Waals surface area contributed by atoms with E-state index in [1.54, 1.807) is 0 Å². The molecule has 414 valence electrons. The third-order valence-corrected chi connectivity index (χ3v) is 16.9. The van der Waals surface area contributed by atoms with Gasteiger partial charge in [-0.1, -0.05) is 182 Å². The average Bonchev–Trinajstić information content (AvgIpc) is 3.50. The van der Waals surface area contributed by atoms with Gasteiger partial charge in [0.15, 0.2) is 25.2 Å². The van der Waals surface area contributed by atoms with Crippen molar-refractivity contribution in [1.29, 1.82) is 0 Å². The summed E-state index contributed by atoms with van der Waals surface area (Å²) >= 11 is 0. The molecule has 4 heterocycles. The van der Waals surface area contributed by atoms with Crippen molar-refractivity contribution < 1.29 is 57.2 Å². The molecule has 4 aliphatic rings. The minimum absolute atomic E-state index is 0.0431. The molecule has 0 bridgehead atoms. The first-order chi connectivity index (χ1) is 36.9. The number of aliphatic hydroxyl groups is 1. The lowest BCUT2D eigenvalue weighted by molar-refractivity contribution is -0.395. The van der Waals surface area contributed by atoms with E-state index in [4.69, 9.17) is 52.1 Å². The molecule has 4 aliphatic heterocycles. The van der Waals surface area contributed by atoms with Crippen molar-refractivity contribution in [2.45, 2.75) is 187 Å². The summed E-state index contributed by atoms with van der Waals surface area (Å²) in [5, 5.41) is 15.7. The van der Waals surface area contributed by atoms with Gasteiger partial charge >= 0.3 is 0 Å². The van der Waals surface area contributed by atoms with Crippen LogP contribution < -0.4 is 0 Å². The zero-order valence-corrected chi connectivity index (χ0v) is 46.0. The van der Waals surface area contributed by atoms with E-state index in [0.717, 1.165) is 35.1 Å². The van der Waals surface area contributed by atoms with Crippen LogP contribution in [0.3, 0.4) is 0 Å². The van der Waals surface area contributed by atoms with E-state index in [1.807, 2.05) is 130 Å². The number of benzene rings is 4. The van der Waals surface area contributed by atoms with Crippen LogP contribution in [0.25, 0.3) is 10.4 Å². The number of rotatable bonds is 23. The first kappa shape index (κ1) is 57.9. The Balaban J connectivity index is 1.13. The summed E-state index contributed by atoms with van der Waals surface area (Å²) in [4.78, 5) is 3.27. The minimum Gasteiger partial charge on any atom is -0.393 e. The van der Waals surface area contributed by atoms with Crippen LogP contribution in [0, 0.1) is 35.5 Å². The van der Waals surface area contributed by atoms with Crippen LogP contribution in [0.15, 0.2) is 126 Å². The van der Waals surface area contributed by atoms with Crippen molar-refractivity contribution in [3.63, 3.8) is 0 Å². The van der Waals surface area contributed by atoms with Gasteiger partial charge in [-0.3, -0.25) is 0 Å². The lowest BCUT2D eigenvalue weighted by Crippen LogP contribution is -2.66. The topological polar surface area (TPSA) is 171 Å². The SMILES string of the molecule is CC[C@@H]1O[C@H](O[C@@H]2C(OCc3ccccc3)[C@H](O[C@@H]3C(COCc4ccccc4)O[C@@H](OCc4ccccc4)C(N=[N+]=[N-])[C@H]3C)OC(C)(CO)[C@H]2C)C(O[C@H]2O[C@@H](CC)[C@@H](C)C(C)C2OCc2ccccc2)C(C)[C@@H]1C. The predicted octanol–water partition coefficient (Wildman–Crippen LogP) is 11.3. The molecule has 8 unspecified atom stereocenters. The van der Waals surface area contributed by atoms with Gasteiger partial charge < -0.3 is 57.2 Å². The Kier molecular flexibility index (Phi) is 21.0. The van der Waals surface area contributed by atoms with Gasteiger partial charge in [0.2, 0.25) is 0 Å². The van der Waals surface area contributed by atoms with Gasteiger partial charge in [-0.15, -0.1) is 0 Å². The molecule has 15 heteroatoms. The number of azide groups is 1. The normalized spacial score (nSPS) is 36.8. The highest BCUT2D eigenvalue weighted by atomic mass is 16.8. The van der Waals surface area contributed by atoms with E-state index in [0.29, 0.717) is 13.2 Å². The third-order valence-electron chi connectivity index (χ3n) is 16.9. The van der Waals surface area contributed by atoms with Gasteiger partial charge in [0, 0.05) is 10.8 Å². The molecule has 4 saturated heterocycles. The van der Waals surface area contributed by atoms with Gasteiger partial charge in [-0.25, -0.2) is 0 Å². The molecule has 0 aromatic heterocycles. The average molecular weight is 1050 g/mol. The lowest BCUT2D eigenvalue weighted by Gasteiger charge is -2.54. The van der Waals surface area contributed by atoms with Gasteiger partial charge in [-0.05, 0) is 77.1 Å². The highest BCUT2D eigenvalue weighted by Crippen LogP contribution is 2.45. The Labute approximate surface area is 450 Å². The molecule has 8 rings (SSSR count). The van der Waals surface area contributed by atoms with E-state index >= 15 is 0 Å². The molecule has 76 heavy (non-hydrogen) atoms. The van der Waals surface area contributed by atoms with Crippen LogP contribution in [0.2, 0.25) is 0 Å². The highest BCUT2D eigenvalue weighted by Gasteiger charge is 2.57. The maximum absolute atomic E-state index is 11.4.